The summed E-state index contributed by atoms with van der Waals surface area (Å²) in [7, 11) is 1.53. The van der Waals surface area contributed by atoms with Crippen molar-refractivity contribution in [2.75, 3.05) is 25.2 Å². The molecule has 5 nitrogen and oxygen atoms in total. The van der Waals surface area contributed by atoms with Crippen LogP contribution in [0.1, 0.15) is 36.8 Å². The molecule has 0 saturated carbocycles. The molecule has 1 aromatic carbocycles. The molecule has 0 atom stereocenters. The average molecular weight is 305 g/mol. The Morgan fingerprint density at radius 3 is 2.86 bits per heavy atom. The predicted octanol–water partition coefficient (Wildman–Crippen LogP) is 2.41. The molecule has 0 spiro atoms. The number of hydrogen-bond acceptors (Lipinski definition) is 3. The van der Waals surface area contributed by atoms with Crippen molar-refractivity contribution in [3.05, 3.63) is 29.3 Å². The third-order valence-electron chi connectivity index (χ3n) is 3.94. The van der Waals surface area contributed by atoms with Crippen LogP contribution >= 0.6 is 0 Å². The Morgan fingerprint density at radius 1 is 1.32 bits per heavy atom. The molecule has 1 heterocycles. The summed E-state index contributed by atoms with van der Waals surface area (Å²) in [6, 6.07) is 6.20. The molecule has 0 aliphatic carbocycles. The first-order chi connectivity index (χ1) is 10.6. The number of carboxylic acid groups (broad SMARTS) is 1. The van der Waals surface area contributed by atoms with Gasteiger partial charge in [-0.1, -0.05) is 12.1 Å². The lowest BCUT2D eigenvalue weighted by molar-refractivity contribution is -0.137. The van der Waals surface area contributed by atoms with Crippen LogP contribution in [-0.2, 0) is 27.2 Å². The average Bonchev–Trinajstić information content (AvgIpc) is 2.50. The van der Waals surface area contributed by atoms with E-state index in [4.69, 9.17) is 9.84 Å². The predicted molar refractivity (Wildman–Crippen MR) is 84.2 cm³/mol. The number of ether oxygens (including phenoxy) is 1. The van der Waals surface area contributed by atoms with Gasteiger partial charge in [0.25, 0.3) is 5.91 Å². The molecule has 0 unspecified atom stereocenters. The second-order valence-electron chi connectivity index (χ2n) is 5.65. The van der Waals surface area contributed by atoms with E-state index in [1.54, 1.807) is 4.90 Å². The van der Waals surface area contributed by atoms with Gasteiger partial charge in [0.2, 0.25) is 0 Å². The maximum absolute atomic E-state index is 12.1. The van der Waals surface area contributed by atoms with Crippen LogP contribution in [0.2, 0.25) is 0 Å². The zero-order valence-corrected chi connectivity index (χ0v) is 13.0. The van der Waals surface area contributed by atoms with Crippen LogP contribution in [0.3, 0.4) is 0 Å². The smallest absolute Gasteiger partial charge is 0.303 e. The number of unbranched alkanes of at least 4 members (excludes halogenated alkanes) is 1. The number of rotatable bonds is 7. The number of methoxy groups -OCH3 is 1. The van der Waals surface area contributed by atoms with E-state index in [9.17, 15) is 9.59 Å². The van der Waals surface area contributed by atoms with Crippen LogP contribution in [0.4, 0.5) is 5.69 Å². The van der Waals surface area contributed by atoms with E-state index in [-0.39, 0.29) is 18.9 Å². The minimum atomic E-state index is -0.738. The topological polar surface area (TPSA) is 66.8 Å². The molecule has 0 aromatic heterocycles. The number of nitrogens with zero attached hydrogens (tertiary/aromatic N) is 1. The van der Waals surface area contributed by atoms with Crippen LogP contribution in [0.5, 0.6) is 0 Å². The monoisotopic (exact) mass is 305 g/mol. The molecule has 5 heteroatoms. The number of aliphatic carboxylic acids is 1. The molecular formula is C17H23NO4. The van der Waals surface area contributed by atoms with Gasteiger partial charge in [0.05, 0.1) is 0 Å². The van der Waals surface area contributed by atoms with Crippen molar-refractivity contribution in [3.8, 4) is 0 Å². The number of hydrogen-bond donors (Lipinski definition) is 1. The van der Waals surface area contributed by atoms with Crippen molar-refractivity contribution in [2.45, 2.75) is 38.5 Å². The SMILES string of the molecule is COCC(=O)N1CCCc2cc(CCCCC(=O)O)ccc21. The van der Waals surface area contributed by atoms with Crippen LogP contribution in [0.25, 0.3) is 0 Å². The van der Waals surface area contributed by atoms with Crippen LogP contribution < -0.4 is 4.90 Å². The Bertz CT molecular complexity index is 541. The Balaban J connectivity index is 2.01. The van der Waals surface area contributed by atoms with Gasteiger partial charge in [-0.2, -0.15) is 0 Å². The zero-order valence-electron chi connectivity index (χ0n) is 13.0. The fraction of sp³-hybridized carbons (Fsp3) is 0.529. The number of amides is 1. The Labute approximate surface area is 130 Å². The Kier molecular flexibility index (Phi) is 5.95. The molecule has 22 heavy (non-hydrogen) atoms. The second-order valence-corrected chi connectivity index (χ2v) is 5.65. The van der Waals surface area contributed by atoms with E-state index in [1.165, 1.54) is 18.2 Å². The highest BCUT2D eigenvalue weighted by atomic mass is 16.5. The van der Waals surface area contributed by atoms with Gasteiger partial charge in [-0.05, 0) is 49.3 Å². The first-order valence-corrected chi connectivity index (χ1v) is 7.74. The first kappa shape index (κ1) is 16.5. The van der Waals surface area contributed by atoms with Crippen molar-refractivity contribution in [1.29, 1.82) is 0 Å². The highest BCUT2D eigenvalue weighted by molar-refractivity contribution is 5.95. The number of carbonyl (C=O) groups excluding carboxylic acids is 1. The molecule has 1 aliphatic rings. The molecule has 0 radical (unpaired) electrons. The summed E-state index contributed by atoms with van der Waals surface area (Å²) < 4.78 is 4.94. The van der Waals surface area contributed by atoms with Gasteiger partial charge in [0, 0.05) is 25.8 Å². The van der Waals surface area contributed by atoms with Gasteiger partial charge >= 0.3 is 5.97 Å². The maximum Gasteiger partial charge on any atom is 0.303 e. The highest BCUT2D eigenvalue weighted by Gasteiger charge is 2.22. The maximum atomic E-state index is 12.1. The Morgan fingerprint density at radius 2 is 2.14 bits per heavy atom. The lowest BCUT2D eigenvalue weighted by Gasteiger charge is -2.29. The molecule has 0 saturated heterocycles. The van der Waals surface area contributed by atoms with Crippen LogP contribution in [0, 0.1) is 0 Å². The fourth-order valence-corrected chi connectivity index (χ4v) is 2.87. The molecule has 1 aromatic rings. The minimum absolute atomic E-state index is 0.00217. The lowest BCUT2D eigenvalue weighted by Crippen LogP contribution is -2.37. The van der Waals surface area contributed by atoms with Gasteiger partial charge in [-0.15, -0.1) is 0 Å². The van der Waals surface area contributed by atoms with E-state index in [0.29, 0.717) is 6.42 Å². The molecule has 0 fully saturated rings. The van der Waals surface area contributed by atoms with E-state index in [2.05, 4.69) is 6.07 Å². The molecule has 1 amide bonds. The van der Waals surface area contributed by atoms with Crippen molar-refractivity contribution in [3.63, 3.8) is 0 Å². The van der Waals surface area contributed by atoms with Gasteiger partial charge < -0.3 is 14.7 Å². The molecule has 120 valence electrons. The lowest BCUT2D eigenvalue weighted by atomic mass is 9.97. The molecule has 0 bridgehead atoms. The summed E-state index contributed by atoms with van der Waals surface area (Å²) in [5.74, 6) is -0.740. The molecule has 2 rings (SSSR count). The third-order valence-corrected chi connectivity index (χ3v) is 3.94. The zero-order chi connectivity index (χ0) is 15.9. The van der Waals surface area contributed by atoms with Crippen LogP contribution in [0.15, 0.2) is 18.2 Å². The van der Waals surface area contributed by atoms with Crippen LogP contribution in [-0.4, -0.2) is 37.2 Å². The molecule has 1 aliphatic heterocycles. The van der Waals surface area contributed by atoms with E-state index >= 15 is 0 Å². The highest BCUT2D eigenvalue weighted by Crippen LogP contribution is 2.28. The summed E-state index contributed by atoms with van der Waals surface area (Å²) in [5.41, 5.74) is 3.40. The molecular weight excluding hydrogens is 282 g/mol. The minimum Gasteiger partial charge on any atom is -0.481 e. The normalized spacial score (nSPS) is 13.8. The van der Waals surface area contributed by atoms with Crippen molar-refractivity contribution in [1.82, 2.24) is 0 Å². The number of anilines is 1. The summed E-state index contributed by atoms with van der Waals surface area (Å²) in [6.07, 6.45) is 4.62. The Hall–Kier alpha value is -1.88. The summed E-state index contributed by atoms with van der Waals surface area (Å²) in [4.78, 5) is 24.4. The molecule has 1 N–H and O–H groups in total. The summed E-state index contributed by atoms with van der Waals surface area (Å²) >= 11 is 0. The van der Waals surface area contributed by atoms with Gasteiger partial charge in [0.1, 0.15) is 6.61 Å². The van der Waals surface area contributed by atoms with Gasteiger partial charge in [0.15, 0.2) is 0 Å². The van der Waals surface area contributed by atoms with E-state index in [0.717, 1.165) is 37.9 Å². The number of carboxylic acids is 1. The number of aryl methyl sites for hydroxylation is 2. The standard InChI is InChI=1S/C17H23NO4/c1-22-12-16(19)18-10-4-6-14-11-13(8-9-15(14)18)5-2-3-7-17(20)21/h8-9,11H,2-7,10,12H2,1H3,(H,20,21). The largest absolute Gasteiger partial charge is 0.481 e. The fourth-order valence-electron chi connectivity index (χ4n) is 2.87. The van der Waals surface area contributed by atoms with E-state index < -0.39 is 5.97 Å². The second kappa shape index (κ2) is 7.94. The summed E-state index contributed by atoms with van der Waals surface area (Å²) in [5, 5.41) is 8.65. The van der Waals surface area contributed by atoms with Crippen molar-refractivity contribution in [2.24, 2.45) is 0 Å². The number of benzene rings is 1. The van der Waals surface area contributed by atoms with Crippen molar-refractivity contribution >= 4 is 17.6 Å². The quantitative estimate of drug-likeness (QED) is 0.786. The van der Waals surface area contributed by atoms with Crippen molar-refractivity contribution < 1.29 is 19.4 Å². The van der Waals surface area contributed by atoms with E-state index in [1.807, 2.05) is 12.1 Å². The third kappa shape index (κ3) is 4.31. The summed E-state index contributed by atoms with van der Waals surface area (Å²) in [6.45, 7) is 0.851. The first-order valence-electron chi connectivity index (χ1n) is 7.74. The van der Waals surface area contributed by atoms with Gasteiger partial charge in [-0.25, -0.2) is 0 Å². The van der Waals surface area contributed by atoms with Gasteiger partial charge in [-0.3, -0.25) is 9.59 Å². The number of carbonyl (C=O) groups is 2. The number of fused-ring (bicyclic) bond motifs is 1.